The van der Waals surface area contributed by atoms with Crippen LogP contribution in [0.15, 0.2) is 48.5 Å². The number of fused-ring (bicyclic) bond motifs is 1. The van der Waals surface area contributed by atoms with Crippen molar-refractivity contribution in [1.29, 1.82) is 0 Å². The number of benzene rings is 2. The van der Waals surface area contributed by atoms with Crippen LogP contribution < -0.4 is 4.90 Å². The summed E-state index contributed by atoms with van der Waals surface area (Å²) in [5.74, 6) is 0.506. The molecule has 0 saturated carbocycles. The highest BCUT2D eigenvalue weighted by molar-refractivity contribution is 5.53. The van der Waals surface area contributed by atoms with Crippen molar-refractivity contribution in [2.75, 3.05) is 44.3 Å². The van der Waals surface area contributed by atoms with Gasteiger partial charge < -0.3 is 9.64 Å². The highest BCUT2D eigenvalue weighted by atomic mass is 16.5. The second-order valence-electron chi connectivity index (χ2n) is 7.10. The molecule has 0 aromatic heterocycles. The van der Waals surface area contributed by atoms with E-state index in [9.17, 15) is 0 Å². The lowest BCUT2D eigenvalue weighted by Crippen LogP contribution is -2.36. The fourth-order valence-electron chi connectivity index (χ4n) is 4.18. The molecule has 0 radical (unpaired) electrons. The van der Waals surface area contributed by atoms with Gasteiger partial charge in [-0.05, 0) is 48.3 Å². The van der Waals surface area contributed by atoms with E-state index in [4.69, 9.17) is 4.74 Å². The lowest BCUT2D eigenvalue weighted by molar-refractivity contribution is 0.122. The molecular weight excluding hydrogens is 308 g/mol. The second-order valence-corrected chi connectivity index (χ2v) is 7.10. The fourth-order valence-corrected chi connectivity index (χ4v) is 4.18. The molecule has 0 N–H and O–H groups in total. The normalized spacial score (nSPS) is 21.6. The predicted octanol–water partition coefficient (Wildman–Crippen LogP) is 3.88. The molecule has 2 aromatic carbocycles. The van der Waals surface area contributed by atoms with E-state index < -0.39 is 0 Å². The summed E-state index contributed by atoms with van der Waals surface area (Å²) in [4.78, 5) is 5.04. The molecule has 1 saturated heterocycles. The number of ether oxygens (including phenoxy) is 1. The van der Waals surface area contributed by atoms with Crippen LogP contribution in [0.3, 0.4) is 0 Å². The highest BCUT2D eigenvalue weighted by Gasteiger charge is 2.24. The minimum absolute atomic E-state index is 0.506. The summed E-state index contributed by atoms with van der Waals surface area (Å²) >= 11 is 0. The van der Waals surface area contributed by atoms with Crippen LogP contribution in [0.1, 0.15) is 36.0 Å². The summed E-state index contributed by atoms with van der Waals surface area (Å²) in [6.07, 6.45) is 1.20. The van der Waals surface area contributed by atoms with E-state index in [-0.39, 0.29) is 0 Å². The van der Waals surface area contributed by atoms with Crippen molar-refractivity contribution < 1.29 is 4.74 Å². The van der Waals surface area contributed by atoms with Crippen molar-refractivity contribution >= 4 is 5.69 Å². The first-order chi connectivity index (χ1) is 12.3. The monoisotopic (exact) mass is 336 g/mol. The molecule has 3 nitrogen and oxygen atoms in total. The highest BCUT2D eigenvalue weighted by Crippen LogP contribution is 2.36. The van der Waals surface area contributed by atoms with Gasteiger partial charge in [0, 0.05) is 31.2 Å². The lowest BCUT2D eigenvalue weighted by atomic mass is 9.86. The van der Waals surface area contributed by atoms with E-state index in [0.29, 0.717) is 5.92 Å². The second kappa shape index (κ2) is 7.59. The number of anilines is 1. The van der Waals surface area contributed by atoms with Crippen molar-refractivity contribution in [3.05, 3.63) is 65.2 Å². The number of morpholine rings is 1. The van der Waals surface area contributed by atoms with Crippen molar-refractivity contribution in [1.82, 2.24) is 4.90 Å². The zero-order valence-corrected chi connectivity index (χ0v) is 15.2. The van der Waals surface area contributed by atoms with E-state index in [1.54, 1.807) is 0 Å². The van der Waals surface area contributed by atoms with Gasteiger partial charge in [-0.25, -0.2) is 0 Å². The van der Waals surface area contributed by atoms with Gasteiger partial charge in [-0.1, -0.05) is 43.3 Å². The first-order valence-electron chi connectivity index (χ1n) is 9.58. The van der Waals surface area contributed by atoms with E-state index in [2.05, 4.69) is 65.3 Å². The molecule has 2 heterocycles. The molecule has 0 aliphatic carbocycles. The Hall–Kier alpha value is -1.84. The van der Waals surface area contributed by atoms with E-state index >= 15 is 0 Å². The summed E-state index contributed by atoms with van der Waals surface area (Å²) < 4.78 is 5.51. The molecule has 3 heteroatoms. The first-order valence-corrected chi connectivity index (χ1v) is 9.58. The van der Waals surface area contributed by atoms with Crippen LogP contribution >= 0.6 is 0 Å². The molecule has 1 fully saturated rings. The van der Waals surface area contributed by atoms with Crippen molar-refractivity contribution in [3.63, 3.8) is 0 Å². The van der Waals surface area contributed by atoms with Gasteiger partial charge in [0.2, 0.25) is 0 Å². The van der Waals surface area contributed by atoms with Gasteiger partial charge in [-0.3, -0.25) is 4.90 Å². The maximum absolute atomic E-state index is 5.51. The Bertz CT molecular complexity index is 694. The van der Waals surface area contributed by atoms with Gasteiger partial charge in [0.15, 0.2) is 0 Å². The topological polar surface area (TPSA) is 15.7 Å². The van der Waals surface area contributed by atoms with Crippen LogP contribution in [0.25, 0.3) is 0 Å². The number of rotatable bonds is 3. The van der Waals surface area contributed by atoms with Crippen LogP contribution in [0, 0.1) is 0 Å². The maximum atomic E-state index is 5.51. The van der Waals surface area contributed by atoms with E-state index in [1.165, 1.54) is 28.8 Å². The smallest absolute Gasteiger partial charge is 0.0642 e. The molecule has 2 aliphatic heterocycles. The molecule has 0 bridgehead atoms. The van der Waals surface area contributed by atoms with Crippen LogP contribution in [-0.4, -0.2) is 44.3 Å². The third-order valence-corrected chi connectivity index (χ3v) is 5.66. The summed E-state index contributed by atoms with van der Waals surface area (Å²) in [5.41, 5.74) is 5.81. The minimum atomic E-state index is 0.506. The molecule has 0 amide bonds. The average Bonchev–Trinajstić information content (AvgIpc) is 2.88. The Kier molecular flexibility index (Phi) is 5.04. The van der Waals surface area contributed by atoms with Gasteiger partial charge in [0.05, 0.1) is 13.2 Å². The van der Waals surface area contributed by atoms with E-state index in [0.717, 1.165) is 45.9 Å². The molecule has 1 atom stereocenters. The summed E-state index contributed by atoms with van der Waals surface area (Å²) in [5, 5.41) is 0. The third kappa shape index (κ3) is 3.58. The molecule has 0 spiro atoms. The third-order valence-electron chi connectivity index (χ3n) is 5.66. The number of nitrogens with zero attached hydrogens (tertiary/aromatic N) is 2. The van der Waals surface area contributed by atoms with Gasteiger partial charge in [0.25, 0.3) is 0 Å². The number of hydrogen-bond acceptors (Lipinski definition) is 3. The SMILES string of the molecule is CCN1CCC(c2ccccc2)c2ccc(N3CCOCC3)cc2C1. The Labute approximate surface area is 151 Å². The first kappa shape index (κ1) is 16.6. The molecule has 132 valence electrons. The van der Waals surface area contributed by atoms with Crippen LogP contribution in [-0.2, 0) is 11.3 Å². The Morgan fingerprint density at radius 3 is 2.56 bits per heavy atom. The maximum Gasteiger partial charge on any atom is 0.0642 e. The predicted molar refractivity (Wildman–Crippen MR) is 103 cm³/mol. The molecule has 2 aromatic rings. The molecular formula is C22H28N2O. The lowest BCUT2D eigenvalue weighted by Gasteiger charge is -2.30. The van der Waals surface area contributed by atoms with Gasteiger partial charge >= 0.3 is 0 Å². The van der Waals surface area contributed by atoms with Crippen molar-refractivity contribution in [2.24, 2.45) is 0 Å². The summed E-state index contributed by atoms with van der Waals surface area (Å²) in [6.45, 7) is 9.29. The van der Waals surface area contributed by atoms with E-state index in [1.807, 2.05) is 0 Å². The summed E-state index contributed by atoms with van der Waals surface area (Å²) in [7, 11) is 0. The van der Waals surface area contributed by atoms with Crippen LogP contribution in [0.2, 0.25) is 0 Å². The Balaban J connectivity index is 1.70. The van der Waals surface area contributed by atoms with Crippen LogP contribution in [0.4, 0.5) is 5.69 Å². The standard InChI is InChI=1S/C22H28N2O/c1-2-23-11-10-22(18-6-4-3-5-7-18)21-9-8-20(16-19(21)17-23)24-12-14-25-15-13-24/h3-9,16,22H,2,10-15,17H2,1H3. The van der Waals surface area contributed by atoms with Gasteiger partial charge in [-0.15, -0.1) is 0 Å². The van der Waals surface area contributed by atoms with Gasteiger partial charge in [0.1, 0.15) is 0 Å². The Morgan fingerprint density at radius 1 is 1.00 bits per heavy atom. The summed E-state index contributed by atoms with van der Waals surface area (Å²) in [6, 6.07) is 18.2. The molecule has 2 aliphatic rings. The molecule has 4 rings (SSSR count). The van der Waals surface area contributed by atoms with Gasteiger partial charge in [-0.2, -0.15) is 0 Å². The largest absolute Gasteiger partial charge is 0.378 e. The van der Waals surface area contributed by atoms with Crippen molar-refractivity contribution in [3.8, 4) is 0 Å². The zero-order chi connectivity index (χ0) is 17.1. The number of hydrogen-bond donors (Lipinski definition) is 0. The Morgan fingerprint density at radius 2 is 1.80 bits per heavy atom. The fraction of sp³-hybridized carbons (Fsp3) is 0.455. The van der Waals surface area contributed by atoms with Crippen LogP contribution in [0.5, 0.6) is 0 Å². The molecule has 25 heavy (non-hydrogen) atoms. The zero-order valence-electron chi connectivity index (χ0n) is 15.2. The minimum Gasteiger partial charge on any atom is -0.378 e. The quantitative estimate of drug-likeness (QED) is 0.846. The van der Waals surface area contributed by atoms with Crippen molar-refractivity contribution in [2.45, 2.75) is 25.8 Å². The molecule has 1 unspecified atom stereocenters. The average molecular weight is 336 g/mol.